The van der Waals surface area contributed by atoms with Crippen molar-refractivity contribution in [3.63, 3.8) is 0 Å². The van der Waals surface area contributed by atoms with E-state index in [0.29, 0.717) is 13.0 Å². The van der Waals surface area contributed by atoms with Crippen LogP contribution in [0.4, 0.5) is 0 Å². The second-order valence-electron chi connectivity index (χ2n) is 7.78. The number of carbonyl (C=O) groups is 1. The van der Waals surface area contributed by atoms with Crippen LogP contribution in [0.2, 0.25) is 0 Å². The van der Waals surface area contributed by atoms with E-state index in [-0.39, 0.29) is 12.1 Å². The largest absolute Gasteiger partial charge is 0.387 e. The number of aliphatic hydroxyl groups is 4. The summed E-state index contributed by atoms with van der Waals surface area (Å²) in [5, 5.41) is 40.9. The van der Waals surface area contributed by atoms with Crippen molar-refractivity contribution in [1.29, 1.82) is 0 Å². The standard InChI is InChI=1S/C17H33NO8/c1-16(2,24-5)7-9-25-17(3,4)6-8-18-14(22)13-11(20)10(19)12(21)15(23)26-13/h10-13,15,19-21,23H,6-9H2,1-5H3,(H,18,22)/t10?,11-,12?,13?,15-/m1/s1. The Bertz CT molecular complexity index is 456. The van der Waals surface area contributed by atoms with Crippen molar-refractivity contribution in [3.05, 3.63) is 0 Å². The Morgan fingerprint density at radius 1 is 1.00 bits per heavy atom. The molecule has 0 bridgehead atoms. The summed E-state index contributed by atoms with van der Waals surface area (Å²) in [7, 11) is 1.65. The van der Waals surface area contributed by atoms with Crippen molar-refractivity contribution >= 4 is 5.91 Å². The SMILES string of the molecule is COC(C)(C)CCOC(C)(C)CCNC(=O)C1O[C@@H](O)C(O)C(O)[C@H]1O. The smallest absolute Gasteiger partial charge is 0.252 e. The maximum Gasteiger partial charge on any atom is 0.252 e. The second kappa shape index (κ2) is 9.41. The average molecular weight is 379 g/mol. The summed E-state index contributed by atoms with van der Waals surface area (Å²) in [6.07, 6.45) is -6.95. The zero-order chi connectivity index (χ0) is 20.1. The fraction of sp³-hybridized carbons (Fsp3) is 0.941. The number of nitrogens with one attached hydrogen (secondary N) is 1. The highest BCUT2D eigenvalue weighted by molar-refractivity contribution is 5.81. The van der Waals surface area contributed by atoms with Crippen LogP contribution in [0, 0.1) is 0 Å². The van der Waals surface area contributed by atoms with Crippen LogP contribution in [0.3, 0.4) is 0 Å². The number of methoxy groups -OCH3 is 1. The summed E-state index contributed by atoms with van der Waals surface area (Å²) in [4.78, 5) is 12.1. The van der Waals surface area contributed by atoms with Gasteiger partial charge in [0.05, 0.1) is 17.8 Å². The van der Waals surface area contributed by atoms with Gasteiger partial charge in [0.15, 0.2) is 12.4 Å². The molecule has 1 amide bonds. The van der Waals surface area contributed by atoms with Crippen LogP contribution in [0.25, 0.3) is 0 Å². The maximum atomic E-state index is 12.1. The number of hydrogen-bond acceptors (Lipinski definition) is 8. The number of rotatable bonds is 9. The topological polar surface area (TPSA) is 138 Å². The Labute approximate surface area is 154 Å². The molecule has 3 unspecified atom stereocenters. The summed E-state index contributed by atoms with van der Waals surface area (Å²) < 4.78 is 16.1. The van der Waals surface area contributed by atoms with Gasteiger partial charge in [-0.2, -0.15) is 0 Å². The number of ether oxygens (including phenoxy) is 3. The first-order chi connectivity index (χ1) is 11.9. The lowest BCUT2D eigenvalue weighted by atomic mass is 9.98. The molecule has 1 saturated heterocycles. The molecule has 0 aromatic carbocycles. The minimum Gasteiger partial charge on any atom is -0.387 e. The molecule has 5 atom stereocenters. The van der Waals surface area contributed by atoms with E-state index in [0.717, 1.165) is 6.42 Å². The molecule has 0 aromatic heterocycles. The fourth-order valence-electron chi connectivity index (χ4n) is 2.41. The molecule has 0 aromatic rings. The molecule has 0 spiro atoms. The zero-order valence-corrected chi connectivity index (χ0v) is 16.1. The van der Waals surface area contributed by atoms with Gasteiger partial charge >= 0.3 is 0 Å². The number of carbonyl (C=O) groups excluding carboxylic acids is 1. The van der Waals surface area contributed by atoms with Gasteiger partial charge < -0.3 is 40.0 Å². The fourth-order valence-corrected chi connectivity index (χ4v) is 2.41. The molecule has 26 heavy (non-hydrogen) atoms. The highest BCUT2D eigenvalue weighted by atomic mass is 16.6. The van der Waals surface area contributed by atoms with Gasteiger partial charge in [0.25, 0.3) is 5.91 Å². The van der Waals surface area contributed by atoms with E-state index in [4.69, 9.17) is 14.2 Å². The maximum absolute atomic E-state index is 12.1. The third-order valence-corrected chi connectivity index (χ3v) is 4.62. The van der Waals surface area contributed by atoms with Crippen molar-refractivity contribution in [2.24, 2.45) is 0 Å². The Morgan fingerprint density at radius 3 is 2.19 bits per heavy atom. The van der Waals surface area contributed by atoms with Gasteiger partial charge in [0.1, 0.15) is 18.3 Å². The first-order valence-corrected chi connectivity index (χ1v) is 8.75. The average Bonchev–Trinajstić information content (AvgIpc) is 2.55. The van der Waals surface area contributed by atoms with E-state index in [2.05, 4.69) is 5.32 Å². The minimum absolute atomic E-state index is 0.251. The number of amides is 1. The highest BCUT2D eigenvalue weighted by Crippen LogP contribution is 2.21. The lowest BCUT2D eigenvalue weighted by Gasteiger charge is -2.37. The van der Waals surface area contributed by atoms with Crippen LogP contribution in [-0.2, 0) is 19.0 Å². The van der Waals surface area contributed by atoms with Crippen LogP contribution >= 0.6 is 0 Å². The quantitative estimate of drug-likeness (QED) is 0.340. The number of aliphatic hydroxyl groups excluding tert-OH is 4. The first-order valence-electron chi connectivity index (χ1n) is 8.75. The summed E-state index contributed by atoms with van der Waals surface area (Å²) in [6.45, 7) is 8.49. The van der Waals surface area contributed by atoms with E-state index in [1.54, 1.807) is 7.11 Å². The van der Waals surface area contributed by atoms with Gasteiger partial charge in [-0.15, -0.1) is 0 Å². The Balaban J connectivity index is 2.40. The van der Waals surface area contributed by atoms with Crippen molar-refractivity contribution in [2.75, 3.05) is 20.3 Å². The molecule has 0 aliphatic carbocycles. The van der Waals surface area contributed by atoms with E-state index in [1.807, 2.05) is 27.7 Å². The van der Waals surface area contributed by atoms with Crippen LogP contribution < -0.4 is 5.32 Å². The Morgan fingerprint density at radius 2 is 1.62 bits per heavy atom. The van der Waals surface area contributed by atoms with E-state index >= 15 is 0 Å². The van der Waals surface area contributed by atoms with Gasteiger partial charge in [0, 0.05) is 13.7 Å². The monoisotopic (exact) mass is 379 g/mol. The Hall–Kier alpha value is -0.810. The van der Waals surface area contributed by atoms with Crippen LogP contribution in [0.15, 0.2) is 0 Å². The molecule has 0 saturated carbocycles. The predicted molar refractivity (Wildman–Crippen MR) is 92.3 cm³/mol. The molecule has 0 radical (unpaired) electrons. The lowest BCUT2D eigenvalue weighted by molar-refractivity contribution is -0.275. The summed E-state index contributed by atoms with van der Waals surface area (Å²) in [5.74, 6) is -0.682. The third kappa shape index (κ3) is 6.73. The predicted octanol–water partition coefficient (Wildman–Crippen LogP) is -1.10. The van der Waals surface area contributed by atoms with Gasteiger partial charge in [0.2, 0.25) is 0 Å². The van der Waals surface area contributed by atoms with Crippen LogP contribution in [-0.4, -0.2) is 88.5 Å². The van der Waals surface area contributed by atoms with Crippen LogP contribution in [0.5, 0.6) is 0 Å². The zero-order valence-electron chi connectivity index (χ0n) is 16.1. The summed E-state index contributed by atoms with van der Waals surface area (Å²) >= 11 is 0. The molecule has 1 rings (SSSR count). The summed E-state index contributed by atoms with van der Waals surface area (Å²) in [6, 6.07) is 0. The first kappa shape index (κ1) is 23.2. The third-order valence-electron chi connectivity index (χ3n) is 4.62. The molecule has 1 aliphatic heterocycles. The van der Waals surface area contributed by atoms with Crippen LogP contribution in [0.1, 0.15) is 40.5 Å². The molecule has 9 nitrogen and oxygen atoms in total. The summed E-state index contributed by atoms with van der Waals surface area (Å²) in [5.41, 5.74) is -0.761. The van der Waals surface area contributed by atoms with Crippen molar-refractivity contribution in [3.8, 4) is 0 Å². The molecule has 5 N–H and O–H groups in total. The van der Waals surface area contributed by atoms with Gasteiger partial charge in [-0.1, -0.05) is 0 Å². The molecule has 154 valence electrons. The van der Waals surface area contributed by atoms with Crippen molar-refractivity contribution in [2.45, 2.75) is 82.4 Å². The van der Waals surface area contributed by atoms with E-state index in [1.165, 1.54) is 0 Å². The normalized spacial score (nSPS) is 30.3. The van der Waals surface area contributed by atoms with Gasteiger partial charge in [-0.05, 0) is 40.5 Å². The van der Waals surface area contributed by atoms with Crippen molar-refractivity contribution in [1.82, 2.24) is 5.32 Å². The highest BCUT2D eigenvalue weighted by Gasteiger charge is 2.46. The Kier molecular flexibility index (Phi) is 8.40. The molecule has 1 heterocycles. The van der Waals surface area contributed by atoms with Gasteiger partial charge in [-0.25, -0.2) is 0 Å². The molecular weight excluding hydrogens is 346 g/mol. The lowest BCUT2D eigenvalue weighted by Crippen LogP contribution is -2.61. The van der Waals surface area contributed by atoms with Gasteiger partial charge in [-0.3, -0.25) is 4.79 Å². The minimum atomic E-state index is -1.74. The number of hydrogen-bond donors (Lipinski definition) is 5. The molecular formula is C17H33NO8. The molecule has 9 heteroatoms. The molecule has 1 aliphatic rings. The van der Waals surface area contributed by atoms with Crippen molar-refractivity contribution < 1.29 is 39.4 Å². The molecule has 1 fully saturated rings. The second-order valence-corrected chi connectivity index (χ2v) is 7.78. The van der Waals surface area contributed by atoms with E-state index in [9.17, 15) is 25.2 Å². The van der Waals surface area contributed by atoms with E-state index < -0.39 is 42.2 Å².